The highest BCUT2D eigenvalue weighted by molar-refractivity contribution is 5.85. The SMILES string of the molecule is CC(C)c1ccc(-c2noc(CCC(=O)NCCc3ccc(N)cc3)n2)cc1.Cl. The van der Waals surface area contributed by atoms with Crippen molar-refractivity contribution < 1.29 is 9.32 Å². The Morgan fingerprint density at radius 3 is 2.41 bits per heavy atom. The number of carbonyl (C=O) groups is 1. The number of amides is 1. The monoisotopic (exact) mass is 414 g/mol. The fourth-order valence-corrected chi connectivity index (χ4v) is 2.83. The standard InChI is InChI=1S/C22H26N4O2.ClH/c1-15(2)17-5-7-18(8-6-17)22-25-21(28-26-22)12-11-20(27)24-14-13-16-3-9-19(23)10-4-16;/h3-10,15H,11-14,23H2,1-2H3,(H,24,27);1H. The Hall–Kier alpha value is -2.86. The molecule has 0 aliphatic carbocycles. The number of hydrogen-bond donors (Lipinski definition) is 2. The number of aromatic nitrogens is 2. The van der Waals surface area contributed by atoms with Crippen LogP contribution in [-0.4, -0.2) is 22.6 Å². The molecule has 0 fully saturated rings. The number of aryl methyl sites for hydroxylation is 1. The molecule has 6 nitrogen and oxygen atoms in total. The van der Waals surface area contributed by atoms with Crippen LogP contribution in [0.15, 0.2) is 53.1 Å². The highest BCUT2D eigenvalue weighted by atomic mass is 35.5. The molecule has 0 saturated carbocycles. The predicted octanol–water partition coefficient (Wildman–Crippen LogP) is 4.16. The normalized spacial score (nSPS) is 10.6. The number of anilines is 1. The molecule has 2 aromatic carbocycles. The number of rotatable bonds is 8. The molecule has 1 amide bonds. The van der Waals surface area contributed by atoms with Gasteiger partial charge in [0.1, 0.15) is 0 Å². The van der Waals surface area contributed by atoms with Crippen LogP contribution in [0.25, 0.3) is 11.4 Å². The van der Waals surface area contributed by atoms with E-state index in [2.05, 4.69) is 41.4 Å². The van der Waals surface area contributed by atoms with Gasteiger partial charge in [-0.1, -0.05) is 55.4 Å². The fraction of sp³-hybridized carbons (Fsp3) is 0.318. The van der Waals surface area contributed by atoms with Crippen LogP contribution in [0.3, 0.4) is 0 Å². The second-order valence-corrected chi connectivity index (χ2v) is 7.13. The van der Waals surface area contributed by atoms with Crippen LogP contribution >= 0.6 is 12.4 Å². The molecule has 0 unspecified atom stereocenters. The van der Waals surface area contributed by atoms with E-state index in [-0.39, 0.29) is 18.3 Å². The molecule has 3 rings (SSSR count). The van der Waals surface area contributed by atoms with E-state index < -0.39 is 0 Å². The molecular formula is C22H27ClN4O2. The lowest BCUT2D eigenvalue weighted by Crippen LogP contribution is -2.25. The number of benzene rings is 2. The number of nitrogens with two attached hydrogens (primary N) is 1. The maximum atomic E-state index is 12.0. The van der Waals surface area contributed by atoms with Crippen LogP contribution in [0.5, 0.6) is 0 Å². The maximum Gasteiger partial charge on any atom is 0.227 e. The average molecular weight is 415 g/mol. The van der Waals surface area contributed by atoms with Crippen molar-refractivity contribution in [2.24, 2.45) is 0 Å². The molecule has 3 N–H and O–H groups in total. The van der Waals surface area contributed by atoms with Gasteiger partial charge in [0.05, 0.1) is 0 Å². The van der Waals surface area contributed by atoms with Crippen LogP contribution < -0.4 is 11.1 Å². The molecule has 7 heteroatoms. The van der Waals surface area contributed by atoms with E-state index >= 15 is 0 Å². The van der Waals surface area contributed by atoms with E-state index in [1.807, 2.05) is 36.4 Å². The Morgan fingerprint density at radius 2 is 1.76 bits per heavy atom. The first-order valence-electron chi connectivity index (χ1n) is 9.55. The first kappa shape index (κ1) is 22.4. The first-order chi connectivity index (χ1) is 13.5. The molecule has 1 heterocycles. The maximum absolute atomic E-state index is 12.0. The summed E-state index contributed by atoms with van der Waals surface area (Å²) in [5, 5.41) is 6.93. The van der Waals surface area contributed by atoms with Gasteiger partial charge >= 0.3 is 0 Å². The lowest BCUT2D eigenvalue weighted by atomic mass is 10.0. The minimum atomic E-state index is -0.0310. The summed E-state index contributed by atoms with van der Waals surface area (Å²) in [6.07, 6.45) is 1.50. The van der Waals surface area contributed by atoms with Crippen molar-refractivity contribution >= 4 is 24.0 Å². The van der Waals surface area contributed by atoms with Crippen molar-refractivity contribution in [1.29, 1.82) is 0 Å². The van der Waals surface area contributed by atoms with Crippen LogP contribution in [0.4, 0.5) is 5.69 Å². The third kappa shape index (κ3) is 6.61. The second-order valence-electron chi connectivity index (χ2n) is 7.13. The molecule has 0 atom stereocenters. The third-order valence-electron chi connectivity index (χ3n) is 4.59. The molecule has 29 heavy (non-hydrogen) atoms. The van der Waals surface area contributed by atoms with Crippen molar-refractivity contribution in [3.63, 3.8) is 0 Å². The Kier molecular flexibility index (Phi) is 8.21. The van der Waals surface area contributed by atoms with Gasteiger partial charge in [0.2, 0.25) is 17.6 Å². The predicted molar refractivity (Wildman–Crippen MR) is 117 cm³/mol. The Bertz CT molecular complexity index is 905. The zero-order chi connectivity index (χ0) is 19.9. The van der Waals surface area contributed by atoms with E-state index in [1.54, 1.807) is 0 Å². The van der Waals surface area contributed by atoms with Crippen LogP contribution in [0.2, 0.25) is 0 Å². The van der Waals surface area contributed by atoms with Gasteiger partial charge in [-0.3, -0.25) is 4.79 Å². The summed E-state index contributed by atoms with van der Waals surface area (Å²) in [6.45, 7) is 4.89. The molecule has 0 spiro atoms. The summed E-state index contributed by atoms with van der Waals surface area (Å²) in [6, 6.07) is 15.8. The third-order valence-corrected chi connectivity index (χ3v) is 4.59. The zero-order valence-corrected chi connectivity index (χ0v) is 17.5. The van der Waals surface area contributed by atoms with Gasteiger partial charge < -0.3 is 15.6 Å². The van der Waals surface area contributed by atoms with Crippen molar-refractivity contribution in [2.45, 2.75) is 39.0 Å². The second kappa shape index (κ2) is 10.6. The van der Waals surface area contributed by atoms with Crippen molar-refractivity contribution in [3.05, 3.63) is 65.5 Å². The molecule has 0 aliphatic heterocycles. The van der Waals surface area contributed by atoms with E-state index in [4.69, 9.17) is 10.3 Å². The first-order valence-corrected chi connectivity index (χ1v) is 9.55. The highest BCUT2D eigenvalue weighted by Crippen LogP contribution is 2.20. The van der Waals surface area contributed by atoms with Gasteiger partial charge in [-0.2, -0.15) is 4.98 Å². The van der Waals surface area contributed by atoms with E-state index in [1.165, 1.54) is 5.56 Å². The summed E-state index contributed by atoms with van der Waals surface area (Å²) in [4.78, 5) is 16.4. The van der Waals surface area contributed by atoms with E-state index in [9.17, 15) is 4.79 Å². The topological polar surface area (TPSA) is 94.0 Å². The summed E-state index contributed by atoms with van der Waals surface area (Å²) in [5.41, 5.74) is 9.72. The number of nitrogens with one attached hydrogen (secondary N) is 1. The number of carbonyl (C=O) groups excluding carboxylic acids is 1. The van der Waals surface area contributed by atoms with Gasteiger partial charge in [-0.25, -0.2) is 0 Å². The fourth-order valence-electron chi connectivity index (χ4n) is 2.83. The highest BCUT2D eigenvalue weighted by Gasteiger charge is 2.11. The summed E-state index contributed by atoms with van der Waals surface area (Å²) in [5.74, 6) is 1.47. The average Bonchev–Trinajstić information content (AvgIpc) is 3.17. The van der Waals surface area contributed by atoms with E-state index in [0.29, 0.717) is 37.0 Å². The Labute approximate surface area is 177 Å². The van der Waals surface area contributed by atoms with E-state index in [0.717, 1.165) is 23.2 Å². The Balaban J connectivity index is 0.00000300. The molecule has 1 aromatic heterocycles. The van der Waals surface area contributed by atoms with Gasteiger partial charge in [0, 0.05) is 30.6 Å². The number of nitrogens with zero attached hydrogens (tertiary/aromatic N) is 2. The number of hydrogen-bond acceptors (Lipinski definition) is 5. The van der Waals surface area contributed by atoms with Crippen LogP contribution in [0.1, 0.15) is 43.2 Å². The molecule has 0 saturated heterocycles. The summed E-state index contributed by atoms with van der Waals surface area (Å²) < 4.78 is 5.28. The van der Waals surface area contributed by atoms with Crippen molar-refractivity contribution in [3.8, 4) is 11.4 Å². The zero-order valence-electron chi connectivity index (χ0n) is 16.7. The lowest BCUT2D eigenvalue weighted by Gasteiger charge is -2.05. The number of nitrogen functional groups attached to an aromatic ring is 1. The van der Waals surface area contributed by atoms with Gasteiger partial charge in [-0.15, -0.1) is 12.4 Å². The molecular weight excluding hydrogens is 388 g/mol. The van der Waals surface area contributed by atoms with Crippen molar-refractivity contribution in [2.75, 3.05) is 12.3 Å². The van der Waals surface area contributed by atoms with Crippen LogP contribution in [-0.2, 0) is 17.6 Å². The molecule has 0 bridgehead atoms. The molecule has 3 aromatic rings. The largest absolute Gasteiger partial charge is 0.399 e. The molecule has 0 radical (unpaired) electrons. The lowest BCUT2D eigenvalue weighted by molar-refractivity contribution is -0.121. The Morgan fingerprint density at radius 1 is 1.07 bits per heavy atom. The molecule has 0 aliphatic rings. The number of halogens is 1. The summed E-state index contributed by atoms with van der Waals surface area (Å²) in [7, 11) is 0. The summed E-state index contributed by atoms with van der Waals surface area (Å²) >= 11 is 0. The van der Waals surface area contributed by atoms with Crippen molar-refractivity contribution in [1.82, 2.24) is 15.5 Å². The van der Waals surface area contributed by atoms with Gasteiger partial charge in [-0.05, 0) is 35.6 Å². The quantitative estimate of drug-likeness (QED) is 0.540. The molecule has 154 valence electrons. The minimum absolute atomic E-state index is 0. The van der Waals surface area contributed by atoms with Gasteiger partial charge in [0.15, 0.2) is 0 Å². The minimum Gasteiger partial charge on any atom is -0.399 e. The van der Waals surface area contributed by atoms with Crippen LogP contribution in [0, 0.1) is 0 Å². The smallest absolute Gasteiger partial charge is 0.227 e. The van der Waals surface area contributed by atoms with Gasteiger partial charge in [0.25, 0.3) is 0 Å².